The number of amides is 3. The minimum absolute atomic E-state index is 0.345. The van der Waals surface area contributed by atoms with Crippen molar-refractivity contribution in [2.75, 3.05) is 24.5 Å². The Morgan fingerprint density at radius 3 is 2.20 bits per heavy atom. The predicted octanol–water partition coefficient (Wildman–Crippen LogP) is 0.505. The average molecular weight is 279 g/mol. The number of anilines is 1. The molecule has 0 aliphatic heterocycles. The lowest BCUT2D eigenvalue weighted by molar-refractivity contribution is -0.137. The molecule has 0 aliphatic rings. The van der Waals surface area contributed by atoms with Crippen LogP contribution in [0.4, 0.5) is 10.5 Å². The first-order valence-corrected chi connectivity index (χ1v) is 6.07. The van der Waals surface area contributed by atoms with Crippen LogP contribution in [0.3, 0.4) is 0 Å². The van der Waals surface area contributed by atoms with Gasteiger partial charge >= 0.3 is 12.0 Å². The van der Waals surface area contributed by atoms with Crippen LogP contribution in [0.5, 0.6) is 0 Å². The van der Waals surface area contributed by atoms with Crippen LogP contribution in [0.15, 0.2) is 30.3 Å². The zero-order valence-corrected chi connectivity index (χ0v) is 11.2. The van der Waals surface area contributed by atoms with Gasteiger partial charge in [-0.3, -0.25) is 14.5 Å². The molecular formula is C13H17N3O4. The number of benzene rings is 1. The van der Waals surface area contributed by atoms with E-state index in [1.165, 1.54) is 4.90 Å². The van der Waals surface area contributed by atoms with Gasteiger partial charge in [-0.1, -0.05) is 18.2 Å². The Bertz CT molecular complexity index is 474. The zero-order valence-electron chi connectivity index (χ0n) is 11.2. The topological polar surface area (TPSA) is 104 Å². The number of nitrogens with two attached hydrogens (primary N) is 1. The highest BCUT2D eigenvalue weighted by molar-refractivity contribution is 5.95. The van der Waals surface area contributed by atoms with E-state index >= 15 is 0 Å². The third-order valence-corrected chi connectivity index (χ3v) is 2.56. The fourth-order valence-corrected chi connectivity index (χ4v) is 1.75. The second kappa shape index (κ2) is 7.13. The highest BCUT2D eigenvalue weighted by Gasteiger charge is 2.24. The summed E-state index contributed by atoms with van der Waals surface area (Å²) in [5.74, 6) is -1.97. The molecule has 1 rings (SSSR count). The van der Waals surface area contributed by atoms with Crippen LogP contribution in [0.2, 0.25) is 0 Å². The van der Waals surface area contributed by atoms with E-state index in [9.17, 15) is 14.4 Å². The Balaban J connectivity index is 2.96. The molecule has 0 unspecified atom stereocenters. The monoisotopic (exact) mass is 279 g/mol. The lowest BCUT2D eigenvalue weighted by atomic mass is 10.3. The van der Waals surface area contributed by atoms with Gasteiger partial charge in [0, 0.05) is 12.2 Å². The maximum atomic E-state index is 12.3. The number of hydrogen-bond donors (Lipinski definition) is 2. The molecule has 0 heterocycles. The number of hydrogen-bond acceptors (Lipinski definition) is 3. The van der Waals surface area contributed by atoms with Gasteiger partial charge in [-0.15, -0.1) is 0 Å². The van der Waals surface area contributed by atoms with Crippen LogP contribution < -0.4 is 10.6 Å². The van der Waals surface area contributed by atoms with Crippen molar-refractivity contribution in [1.82, 2.24) is 4.90 Å². The Labute approximate surface area is 116 Å². The molecule has 3 amide bonds. The lowest BCUT2D eigenvalue weighted by Crippen LogP contribution is -2.48. The normalized spacial score (nSPS) is 9.85. The molecule has 7 heteroatoms. The molecule has 7 nitrogen and oxygen atoms in total. The van der Waals surface area contributed by atoms with Crippen LogP contribution >= 0.6 is 0 Å². The SMILES string of the molecule is CCN(C(=O)N(CC(N)=O)CC(=O)O)c1ccccc1. The maximum absolute atomic E-state index is 12.3. The first-order chi connectivity index (χ1) is 9.45. The van der Waals surface area contributed by atoms with Crippen LogP contribution in [-0.4, -0.2) is 47.5 Å². The van der Waals surface area contributed by atoms with Gasteiger partial charge in [0.2, 0.25) is 5.91 Å². The van der Waals surface area contributed by atoms with E-state index in [1.807, 2.05) is 0 Å². The summed E-state index contributed by atoms with van der Waals surface area (Å²) in [5.41, 5.74) is 5.67. The number of aliphatic carboxylic acids is 1. The Hall–Kier alpha value is -2.57. The van der Waals surface area contributed by atoms with Gasteiger partial charge < -0.3 is 15.7 Å². The first-order valence-electron chi connectivity index (χ1n) is 6.07. The maximum Gasteiger partial charge on any atom is 0.325 e. The fourth-order valence-electron chi connectivity index (χ4n) is 1.75. The number of rotatable bonds is 6. The molecule has 0 atom stereocenters. The van der Waals surface area contributed by atoms with Crippen molar-refractivity contribution in [3.63, 3.8) is 0 Å². The molecule has 20 heavy (non-hydrogen) atoms. The summed E-state index contributed by atoms with van der Waals surface area (Å²) in [7, 11) is 0. The van der Waals surface area contributed by atoms with Gasteiger partial charge in [-0.05, 0) is 19.1 Å². The summed E-state index contributed by atoms with van der Waals surface area (Å²) in [6, 6.07) is 8.22. The van der Waals surface area contributed by atoms with Crippen LogP contribution in [-0.2, 0) is 9.59 Å². The van der Waals surface area contributed by atoms with E-state index < -0.39 is 31.0 Å². The van der Waals surface area contributed by atoms with Crippen molar-refractivity contribution in [1.29, 1.82) is 0 Å². The third kappa shape index (κ3) is 4.27. The molecule has 0 bridgehead atoms. The number of nitrogens with zero attached hydrogens (tertiary/aromatic N) is 2. The van der Waals surface area contributed by atoms with Gasteiger partial charge in [0.05, 0.1) is 0 Å². The molecule has 0 aromatic heterocycles. The predicted molar refractivity (Wildman–Crippen MR) is 73.3 cm³/mol. The summed E-state index contributed by atoms with van der Waals surface area (Å²) in [5, 5.41) is 8.81. The van der Waals surface area contributed by atoms with E-state index in [4.69, 9.17) is 10.8 Å². The van der Waals surface area contributed by atoms with Gasteiger partial charge in [-0.2, -0.15) is 0 Å². The van der Waals surface area contributed by atoms with E-state index in [1.54, 1.807) is 37.3 Å². The number of primary amides is 1. The molecule has 0 saturated carbocycles. The number of urea groups is 1. The Morgan fingerprint density at radius 2 is 1.75 bits per heavy atom. The molecule has 1 aromatic rings. The quantitative estimate of drug-likeness (QED) is 0.791. The molecule has 1 aromatic carbocycles. The summed E-state index contributed by atoms with van der Waals surface area (Å²) in [6.45, 7) is 1.09. The first kappa shape index (κ1) is 15.5. The molecule has 0 radical (unpaired) electrons. The molecule has 0 saturated heterocycles. The number of carboxylic acid groups (broad SMARTS) is 1. The van der Waals surface area contributed by atoms with Gasteiger partial charge in [-0.25, -0.2) is 4.79 Å². The van der Waals surface area contributed by atoms with E-state index in [0.717, 1.165) is 4.90 Å². The van der Waals surface area contributed by atoms with Crippen LogP contribution in [0.1, 0.15) is 6.92 Å². The number of carbonyl (C=O) groups excluding carboxylic acids is 2. The van der Waals surface area contributed by atoms with E-state index in [2.05, 4.69) is 0 Å². The van der Waals surface area contributed by atoms with Crippen molar-refractivity contribution in [3.05, 3.63) is 30.3 Å². The van der Waals surface area contributed by atoms with Crippen molar-refractivity contribution >= 4 is 23.6 Å². The standard InChI is InChI=1S/C13H17N3O4/c1-2-16(10-6-4-3-5-7-10)13(20)15(8-11(14)17)9-12(18)19/h3-7H,2,8-9H2,1H3,(H2,14,17)(H,18,19). The number of para-hydroxylation sites is 1. The van der Waals surface area contributed by atoms with Crippen molar-refractivity contribution in [3.8, 4) is 0 Å². The zero-order chi connectivity index (χ0) is 15.1. The summed E-state index contributed by atoms with van der Waals surface area (Å²) in [4.78, 5) is 36.3. The van der Waals surface area contributed by atoms with Crippen molar-refractivity contribution in [2.24, 2.45) is 5.73 Å². The van der Waals surface area contributed by atoms with Crippen LogP contribution in [0.25, 0.3) is 0 Å². The molecular weight excluding hydrogens is 262 g/mol. The minimum atomic E-state index is -1.20. The number of carbonyl (C=O) groups is 3. The molecule has 0 spiro atoms. The van der Waals surface area contributed by atoms with E-state index in [-0.39, 0.29) is 0 Å². The molecule has 108 valence electrons. The van der Waals surface area contributed by atoms with Gasteiger partial charge in [0.15, 0.2) is 0 Å². The molecule has 0 fully saturated rings. The third-order valence-electron chi connectivity index (χ3n) is 2.56. The smallest absolute Gasteiger partial charge is 0.325 e. The fraction of sp³-hybridized carbons (Fsp3) is 0.308. The second-order valence-electron chi connectivity index (χ2n) is 4.08. The van der Waals surface area contributed by atoms with Gasteiger partial charge in [0.25, 0.3) is 0 Å². The van der Waals surface area contributed by atoms with Gasteiger partial charge in [0.1, 0.15) is 13.1 Å². The van der Waals surface area contributed by atoms with Crippen LogP contribution in [0, 0.1) is 0 Å². The van der Waals surface area contributed by atoms with E-state index in [0.29, 0.717) is 12.2 Å². The summed E-state index contributed by atoms with van der Waals surface area (Å²) >= 11 is 0. The second-order valence-corrected chi connectivity index (χ2v) is 4.08. The largest absolute Gasteiger partial charge is 0.480 e. The highest BCUT2D eigenvalue weighted by atomic mass is 16.4. The highest BCUT2D eigenvalue weighted by Crippen LogP contribution is 2.15. The summed E-state index contributed by atoms with van der Waals surface area (Å²) in [6.07, 6.45) is 0. The van der Waals surface area contributed by atoms with Crippen molar-refractivity contribution < 1.29 is 19.5 Å². The Morgan fingerprint density at radius 1 is 1.15 bits per heavy atom. The number of carboxylic acids is 1. The summed E-state index contributed by atoms with van der Waals surface area (Å²) < 4.78 is 0. The molecule has 3 N–H and O–H groups in total. The average Bonchev–Trinajstić information content (AvgIpc) is 2.39. The minimum Gasteiger partial charge on any atom is -0.480 e. The lowest BCUT2D eigenvalue weighted by Gasteiger charge is -2.28. The Kier molecular flexibility index (Phi) is 5.52. The molecule has 0 aliphatic carbocycles. The van der Waals surface area contributed by atoms with Crippen molar-refractivity contribution in [2.45, 2.75) is 6.92 Å².